The van der Waals surface area contributed by atoms with Gasteiger partial charge in [0.2, 0.25) is 0 Å². The summed E-state index contributed by atoms with van der Waals surface area (Å²) in [4.78, 5) is 7.63. The Hall–Kier alpha value is -3.68. The minimum atomic E-state index is 0.294. The lowest BCUT2D eigenvalue weighted by molar-refractivity contribution is 0.354. The van der Waals surface area contributed by atoms with Crippen LogP contribution in [0.4, 0.5) is 5.95 Å². The number of anilines is 1. The number of nitrogens with zero attached hydrogens (tertiary/aromatic N) is 4. The Morgan fingerprint density at radius 2 is 1.92 bits per heavy atom. The van der Waals surface area contributed by atoms with Crippen molar-refractivity contribution in [1.29, 1.82) is 0 Å². The number of fused-ring (bicyclic) bond motifs is 3. The number of benzene rings is 2. The van der Waals surface area contributed by atoms with Crippen LogP contribution < -0.4 is 14.9 Å². The number of hydrogen-bond donors (Lipinski definition) is 2. The Balaban J connectivity index is 1.60. The molecule has 0 spiro atoms. The molecule has 0 aliphatic heterocycles. The van der Waals surface area contributed by atoms with Crippen molar-refractivity contribution in [2.24, 2.45) is 5.10 Å². The van der Waals surface area contributed by atoms with Gasteiger partial charge in [-0.2, -0.15) is 10.1 Å². The molecule has 8 heteroatoms. The number of ether oxygens (including phenoxy) is 2. The molecular formula is C18H16N6O2. The third-order valence-corrected chi connectivity index (χ3v) is 3.92. The smallest absolute Gasteiger partial charge is 0.265 e. The molecule has 2 heterocycles. The summed E-state index contributed by atoms with van der Waals surface area (Å²) in [5.41, 5.74) is 5.89. The Kier molecular flexibility index (Phi) is 4.06. The largest absolute Gasteiger partial charge is 0.493 e. The molecule has 0 saturated carbocycles. The fraction of sp³-hybridized carbons (Fsp3) is 0.111. The van der Waals surface area contributed by atoms with Crippen LogP contribution in [-0.4, -0.2) is 40.6 Å². The quantitative estimate of drug-likeness (QED) is 0.425. The van der Waals surface area contributed by atoms with Gasteiger partial charge in [0, 0.05) is 16.5 Å². The predicted molar refractivity (Wildman–Crippen MR) is 100.0 cm³/mol. The van der Waals surface area contributed by atoms with Crippen LogP contribution in [0.5, 0.6) is 11.5 Å². The zero-order valence-corrected chi connectivity index (χ0v) is 14.2. The normalized spacial score (nSPS) is 11.3. The lowest BCUT2D eigenvalue weighted by atomic mass is 10.2. The van der Waals surface area contributed by atoms with Crippen molar-refractivity contribution in [3.8, 4) is 11.5 Å². The van der Waals surface area contributed by atoms with Crippen LogP contribution in [0.15, 0.2) is 47.6 Å². The van der Waals surface area contributed by atoms with Crippen LogP contribution in [0.25, 0.3) is 22.1 Å². The molecule has 2 N–H and O–H groups in total. The van der Waals surface area contributed by atoms with Crippen LogP contribution >= 0.6 is 0 Å². The minimum absolute atomic E-state index is 0.294. The highest BCUT2D eigenvalue weighted by Crippen LogP contribution is 2.29. The van der Waals surface area contributed by atoms with Crippen LogP contribution in [0.1, 0.15) is 5.56 Å². The maximum Gasteiger partial charge on any atom is 0.265 e. The molecular weight excluding hydrogens is 332 g/mol. The van der Waals surface area contributed by atoms with Crippen molar-refractivity contribution in [2.75, 3.05) is 19.6 Å². The fourth-order valence-corrected chi connectivity index (χ4v) is 2.74. The first-order valence-corrected chi connectivity index (χ1v) is 7.91. The van der Waals surface area contributed by atoms with Gasteiger partial charge < -0.3 is 14.5 Å². The second-order valence-electron chi connectivity index (χ2n) is 5.46. The number of rotatable bonds is 5. The number of nitrogens with one attached hydrogen (secondary N) is 2. The van der Waals surface area contributed by atoms with E-state index in [0.29, 0.717) is 23.1 Å². The molecule has 0 amide bonds. The molecule has 0 aliphatic rings. The molecule has 0 fully saturated rings. The predicted octanol–water partition coefficient (Wildman–Crippen LogP) is 2.97. The number of H-pyrrole nitrogens is 1. The Morgan fingerprint density at radius 3 is 2.77 bits per heavy atom. The van der Waals surface area contributed by atoms with Crippen molar-refractivity contribution < 1.29 is 9.47 Å². The van der Waals surface area contributed by atoms with E-state index in [2.05, 4.69) is 30.7 Å². The van der Waals surface area contributed by atoms with Crippen molar-refractivity contribution >= 4 is 34.2 Å². The van der Waals surface area contributed by atoms with Crippen LogP contribution in [0, 0.1) is 0 Å². The van der Waals surface area contributed by atoms with Gasteiger partial charge >= 0.3 is 0 Å². The summed E-state index contributed by atoms with van der Waals surface area (Å²) in [5.74, 6) is 1.53. The van der Waals surface area contributed by atoms with Gasteiger partial charge in [-0.05, 0) is 18.2 Å². The first kappa shape index (κ1) is 15.8. The van der Waals surface area contributed by atoms with Crippen molar-refractivity contribution in [3.05, 3.63) is 48.0 Å². The summed E-state index contributed by atoms with van der Waals surface area (Å²) < 4.78 is 10.6. The molecule has 8 nitrogen and oxygen atoms in total. The number of hydrazone groups is 1. The Morgan fingerprint density at radius 1 is 1.04 bits per heavy atom. The van der Waals surface area contributed by atoms with Crippen molar-refractivity contribution in [3.63, 3.8) is 0 Å². The van der Waals surface area contributed by atoms with E-state index < -0.39 is 0 Å². The molecule has 4 aromatic rings. The molecule has 0 unspecified atom stereocenters. The van der Waals surface area contributed by atoms with Gasteiger partial charge in [-0.25, -0.2) is 5.43 Å². The zero-order chi connectivity index (χ0) is 17.9. The Labute approximate surface area is 148 Å². The van der Waals surface area contributed by atoms with Crippen LogP contribution in [0.3, 0.4) is 0 Å². The highest BCUT2D eigenvalue weighted by Gasteiger charge is 2.09. The van der Waals surface area contributed by atoms with Crippen molar-refractivity contribution in [1.82, 2.24) is 20.2 Å². The number of aromatic amines is 1. The van der Waals surface area contributed by atoms with Gasteiger partial charge in [-0.1, -0.05) is 24.3 Å². The molecule has 2 aromatic heterocycles. The molecule has 0 radical (unpaired) electrons. The molecule has 0 saturated heterocycles. The lowest BCUT2D eigenvalue weighted by Gasteiger charge is -2.09. The number of methoxy groups -OCH3 is 2. The molecule has 2 aromatic carbocycles. The highest BCUT2D eigenvalue weighted by atomic mass is 16.5. The summed E-state index contributed by atoms with van der Waals surface area (Å²) in [6, 6.07) is 13.4. The average Bonchev–Trinajstić information content (AvgIpc) is 3.05. The first-order valence-electron chi connectivity index (χ1n) is 7.91. The second-order valence-corrected chi connectivity index (χ2v) is 5.46. The average molecular weight is 348 g/mol. The maximum absolute atomic E-state index is 5.37. The molecule has 0 bridgehead atoms. The summed E-state index contributed by atoms with van der Waals surface area (Å²) in [7, 11) is 3.17. The topological polar surface area (TPSA) is 97.3 Å². The molecule has 130 valence electrons. The summed E-state index contributed by atoms with van der Waals surface area (Å²) in [6.45, 7) is 0. The summed E-state index contributed by atoms with van der Waals surface area (Å²) >= 11 is 0. The molecule has 4 rings (SSSR count). The second kappa shape index (κ2) is 6.67. The third-order valence-electron chi connectivity index (χ3n) is 3.92. The van der Waals surface area contributed by atoms with Gasteiger partial charge in [0.15, 0.2) is 17.1 Å². The fourth-order valence-electron chi connectivity index (χ4n) is 2.74. The molecule has 0 atom stereocenters. The van der Waals surface area contributed by atoms with Gasteiger partial charge in [-0.3, -0.25) is 0 Å². The zero-order valence-electron chi connectivity index (χ0n) is 14.2. The SMILES string of the molecule is COc1cccc(/C=N/Nc2nnc3c(n2)[nH]c2ccccc23)c1OC. The monoisotopic (exact) mass is 348 g/mol. The van der Waals surface area contributed by atoms with Gasteiger partial charge in [0.25, 0.3) is 5.95 Å². The van der Waals surface area contributed by atoms with E-state index in [9.17, 15) is 0 Å². The van der Waals surface area contributed by atoms with Gasteiger partial charge in [0.1, 0.15) is 5.52 Å². The third kappa shape index (κ3) is 2.77. The number of para-hydroxylation sites is 2. The molecule has 0 aliphatic carbocycles. The van der Waals surface area contributed by atoms with E-state index in [0.717, 1.165) is 22.0 Å². The lowest BCUT2D eigenvalue weighted by Crippen LogP contribution is -2.00. The van der Waals surface area contributed by atoms with E-state index in [1.807, 2.05) is 42.5 Å². The van der Waals surface area contributed by atoms with E-state index in [1.165, 1.54) is 0 Å². The van der Waals surface area contributed by atoms with E-state index in [-0.39, 0.29) is 0 Å². The highest BCUT2D eigenvalue weighted by molar-refractivity contribution is 6.03. The number of aromatic nitrogens is 4. The van der Waals surface area contributed by atoms with E-state index in [4.69, 9.17) is 9.47 Å². The van der Waals surface area contributed by atoms with Gasteiger partial charge in [-0.15, -0.1) is 10.2 Å². The number of hydrogen-bond acceptors (Lipinski definition) is 7. The first-order chi connectivity index (χ1) is 12.8. The summed E-state index contributed by atoms with van der Waals surface area (Å²) in [6.07, 6.45) is 1.61. The molecule has 26 heavy (non-hydrogen) atoms. The summed E-state index contributed by atoms with van der Waals surface area (Å²) in [5, 5.41) is 13.5. The standard InChI is InChI=1S/C18H16N6O2/c1-25-14-9-5-6-11(16(14)26-2)10-19-23-18-21-17-15(22-24-18)12-7-3-4-8-13(12)20-17/h3-10H,1-2H3,(H2,20,21,23,24)/b19-10+. The maximum atomic E-state index is 5.37. The van der Waals surface area contributed by atoms with Gasteiger partial charge in [0.05, 0.1) is 20.4 Å². The van der Waals surface area contributed by atoms with E-state index >= 15 is 0 Å². The minimum Gasteiger partial charge on any atom is -0.493 e. The van der Waals surface area contributed by atoms with Crippen LogP contribution in [-0.2, 0) is 0 Å². The Bertz CT molecular complexity index is 1110. The van der Waals surface area contributed by atoms with Crippen molar-refractivity contribution in [2.45, 2.75) is 0 Å². The van der Waals surface area contributed by atoms with E-state index in [1.54, 1.807) is 20.4 Å². The van der Waals surface area contributed by atoms with Crippen LogP contribution in [0.2, 0.25) is 0 Å².